The van der Waals surface area contributed by atoms with E-state index in [1.165, 1.54) is 6.42 Å². The van der Waals surface area contributed by atoms with Gasteiger partial charge in [0.15, 0.2) is 0 Å². The smallest absolute Gasteiger partial charge is 0.223 e. The Kier molecular flexibility index (Phi) is 4.17. The highest BCUT2D eigenvalue weighted by atomic mass is 16.3. The molecule has 2 fully saturated rings. The summed E-state index contributed by atoms with van der Waals surface area (Å²) in [4.78, 5) is 14.6. The maximum Gasteiger partial charge on any atom is 0.223 e. The fraction of sp³-hybridized carbons (Fsp3) is 0.579. The number of aromatic nitrogens is 2. The number of piperidine rings is 1. The van der Waals surface area contributed by atoms with Gasteiger partial charge in [-0.25, -0.2) is 0 Å². The SMILES string of the molecule is C[C@@H]1C[C@@H]1c1ccc(CCC(=O)N2CCC[C@H](c3ccn[nH]3)C2)o1. The van der Waals surface area contributed by atoms with Crippen molar-refractivity contribution < 1.29 is 9.21 Å². The lowest BCUT2D eigenvalue weighted by Crippen LogP contribution is -2.39. The van der Waals surface area contributed by atoms with Gasteiger partial charge in [0.1, 0.15) is 11.5 Å². The van der Waals surface area contributed by atoms with Crippen LogP contribution in [0.1, 0.15) is 61.7 Å². The molecule has 0 spiro atoms. The summed E-state index contributed by atoms with van der Waals surface area (Å²) >= 11 is 0. The van der Waals surface area contributed by atoms with Gasteiger partial charge < -0.3 is 9.32 Å². The number of carbonyl (C=O) groups is 1. The number of aryl methyl sites for hydroxylation is 1. The Morgan fingerprint density at radius 1 is 1.42 bits per heavy atom. The van der Waals surface area contributed by atoms with Gasteiger partial charge in [0.25, 0.3) is 0 Å². The molecule has 1 aliphatic heterocycles. The van der Waals surface area contributed by atoms with E-state index in [0.29, 0.717) is 24.7 Å². The van der Waals surface area contributed by atoms with Crippen LogP contribution in [-0.4, -0.2) is 34.1 Å². The first-order valence-electron chi connectivity index (χ1n) is 9.06. The predicted molar refractivity (Wildman–Crippen MR) is 90.7 cm³/mol. The number of carbonyl (C=O) groups excluding carboxylic acids is 1. The van der Waals surface area contributed by atoms with E-state index in [2.05, 4.69) is 23.2 Å². The Bertz CT molecular complexity index is 691. The van der Waals surface area contributed by atoms with Crippen LogP contribution in [0.4, 0.5) is 0 Å². The molecule has 5 heteroatoms. The van der Waals surface area contributed by atoms with Crippen LogP contribution in [-0.2, 0) is 11.2 Å². The second-order valence-corrected chi connectivity index (χ2v) is 7.31. The molecule has 1 saturated carbocycles. The van der Waals surface area contributed by atoms with Gasteiger partial charge >= 0.3 is 0 Å². The van der Waals surface area contributed by atoms with Gasteiger partial charge in [0, 0.05) is 49.7 Å². The number of nitrogens with one attached hydrogen (secondary N) is 1. The van der Waals surface area contributed by atoms with E-state index in [4.69, 9.17) is 4.42 Å². The fourth-order valence-electron chi connectivity index (χ4n) is 3.79. The molecule has 1 amide bonds. The first-order chi connectivity index (χ1) is 11.7. The summed E-state index contributed by atoms with van der Waals surface area (Å²) in [7, 11) is 0. The minimum atomic E-state index is 0.233. The molecule has 1 N–H and O–H groups in total. The molecule has 2 aromatic heterocycles. The van der Waals surface area contributed by atoms with Crippen molar-refractivity contribution in [3.63, 3.8) is 0 Å². The summed E-state index contributed by atoms with van der Waals surface area (Å²) in [5.41, 5.74) is 1.14. The molecular formula is C19H25N3O2. The lowest BCUT2D eigenvalue weighted by Gasteiger charge is -2.32. The monoisotopic (exact) mass is 327 g/mol. The third-order valence-corrected chi connectivity index (χ3v) is 5.48. The van der Waals surface area contributed by atoms with Crippen molar-refractivity contribution in [1.82, 2.24) is 15.1 Å². The average molecular weight is 327 g/mol. The minimum absolute atomic E-state index is 0.233. The topological polar surface area (TPSA) is 62.1 Å². The number of nitrogens with zero attached hydrogens (tertiary/aromatic N) is 2. The Balaban J connectivity index is 1.30. The van der Waals surface area contributed by atoms with Crippen LogP contribution >= 0.6 is 0 Å². The van der Waals surface area contributed by atoms with Crippen LogP contribution in [0.2, 0.25) is 0 Å². The molecule has 0 bridgehead atoms. The molecular weight excluding hydrogens is 302 g/mol. The van der Waals surface area contributed by atoms with E-state index in [1.54, 1.807) is 6.20 Å². The molecule has 1 saturated heterocycles. The number of hydrogen-bond acceptors (Lipinski definition) is 3. The lowest BCUT2D eigenvalue weighted by molar-refractivity contribution is -0.132. The van der Waals surface area contributed by atoms with Gasteiger partial charge in [0.05, 0.1) is 0 Å². The molecule has 2 aromatic rings. The van der Waals surface area contributed by atoms with E-state index in [9.17, 15) is 4.79 Å². The van der Waals surface area contributed by atoms with Crippen molar-refractivity contribution in [2.24, 2.45) is 5.92 Å². The van der Waals surface area contributed by atoms with Crippen molar-refractivity contribution in [3.05, 3.63) is 41.6 Å². The van der Waals surface area contributed by atoms with Gasteiger partial charge in [0.2, 0.25) is 5.91 Å². The van der Waals surface area contributed by atoms with Crippen molar-refractivity contribution in [3.8, 4) is 0 Å². The van der Waals surface area contributed by atoms with Crippen molar-refractivity contribution in [1.29, 1.82) is 0 Å². The highest BCUT2D eigenvalue weighted by molar-refractivity contribution is 5.76. The molecule has 1 aliphatic carbocycles. The van der Waals surface area contributed by atoms with Gasteiger partial charge in [-0.1, -0.05) is 6.92 Å². The molecule has 3 atom stereocenters. The zero-order chi connectivity index (χ0) is 16.5. The number of hydrogen-bond donors (Lipinski definition) is 1. The normalized spacial score (nSPS) is 26.5. The molecule has 24 heavy (non-hydrogen) atoms. The molecule has 128 valence electrons. The third kappa shape index (κ3) is 3.25. The van der Waals surface area contributed by atoms with Gasteiger partial charge in [-0.3, -0.25) is 9.89 Å². The molecule has 5 nitrogen and oxygen atoms in total. The van der Waals surface area contributed by atoms with Crippen LogP contribution < -0.4 is 0 Å². The minimum Gasteiger partial charge on any atom is -0.466 e. The fourth-order valence-corrected chi connectivity index (χ4v) is 3.79. The standard InChI is InChI=1S/C19H25N3O2/c1-13-11-16(13)18-6-4-15(24-18)5-7-19(23)22-10-2-3-14(12-22)17-8-9-20-21-17/h4,6,8-9,13-14,16H,2-3,5,7,10-12H2,1H3,(H,20,21)/t13-,14+,16+/m1/s1. The largest absolute Gasteiger partial charge is 0.466 e. The number of amides is 1. The first kappa shape index (κ1) is 15.5. The summed E-state index contributed by atoms with van der Waals surface area (Å²) < 4.78 is 5.91. The molecule has 0 unspecified atom stereocenters. The lowest BCUT2D eigenvalue weighted by atomic mass is 9.94. The Morgan fingerprint density at radius 2 is 2.29 bits per heavy atom. The highest BCUT2D eigenvalue weighted by Gasteiger charge is 2.36. The van der Waals surface area contributed by atoms with Crippen LogP contribution in [0.15, 0.2) is 28.8 Å². The summed E-state index contributed by atoms with van der Waals surface area (Å²) in [6.45, 7) is 3.92. The Hall–Kier alpha value is -2.04. The number of likely N-dealkylation sites (tertiary alicyclic amines) is 1. The van der Waals surface area contributed by atoms with Gasteiger partial charge in [-0.15, -0.1) is 0 Å². The molecule has 0 radical (unpaired) electrons. The quantitative estimate of drug-likeness (QED) is 0.914. The number of furan rings is 1. The summed E-state index contributed by atoms with van der Waals surface area (Å²) in [6, 6.07) is 6.14. The molecule has 2 aliphatic rings. The Labute approximate surface area is 142 Å². The van der Waals surface area contributed by atoms with E-state index in [0.717, 1.165) is 49.1 Å². The molecule has 0 aromatic carbocycles. The number of H-pyrrole nitrogens is 1. The van der Waals surface area contributed by atoms with Crippen LogP contribution in [0.5, 0.6) is 0 Å². The third-order valence-electron chi connectivity index (χ3n) is 5.48. The van der Waals surface area contributed by atoms with Crippen molar-refractivity contribution in [2.75, 3.05) is 13.1 Å². The maximum atomic E-state index is 12.6. The summed E-state index contributed by atoms with van der Waals surface area (Å²) in [5.74, 6) is 4.01. The molecule has 4 rings (SSSR count). The maximum absolute atomic E-state index is 12.6. The summed E-state index contributed by atoms with van der Waals surface area (Å²) in [5, 5.41) is 7.07. The van der Waals surface area contributed by atoms with Crippen molar-refractivity contribution in [2.45, 2.75) is 50.9 Å². The zero-order valence-corrected chi connectivity index (χ0v) is 14.2. The highest BCUT2D eigenvalue weighted by Crippen LogP contribution is 2.47. The van der Waals surface area contributed by atoms with Crippen LogP contribution in [0, 0.1) is 5.92 Å². The van der Waals surface area contributed by atoms with E-state index < -0.39 is 0 Å². The number of aromatic amines is 1. The molecule has 3 heterocycles. The van der Waals surface area contributed by atoms with Gasteiger partial charge in [-0.05, 0) is 43.4 Å². The van der Waals surface area contributed by atoms with Gasteiger partial charge in [-0.2, -0.15) is 5.10 Å². The van der Waals surface area contributed by atoms with Crippen molar-refractivity contribution >= 4 is 5.91 Å². The zero-order valence-electron chi connectivity index (χ0n) is 14.2. The van der Waals surface area contributed by atoms with E-state index >= 15 is 0 Å². The summed E-state index contributed by atoms with van der Waals surface area (Å²) in [6.07, 6.45) is 6.42. The second kappa shape index (κ2) is 6.46. The van der Waals surface area contributed by atoms with Crippen LogP contribution in [0.3, 0.4) is 0 Å². The van der Waals surface area contributed by atoms with Crippen LogP contribution in [0.25, 0.3) is 0 Å². The number of rotatable bonds is 5. The average Bonchev–Trinajstić information content (AvgIpc) is 3.04. The second-order valence-electron chi connectivity index (χ2n) is 7.31. The Morgan fingerprint density at radius 3 is 3.04 bits per heavy atom. The van der Waals surface area contributed by atoms with E-state index in [-0.39, 0.29) is 5.91 Å². The first-order valence-corrected chi connectivity index (χ1v) is 9.06. The van der Waals surface area contributed by atoms with E-state index in [1.807, 2.05) is 17.0 Å². The predicted octanol–water partition coefficient (Wildman–Crippen LogP) is 3.46.